The average Bonchev–Trinajstić information content (AvgIpc) is 2.32. The van der Waals surface area contributed by atoms with E-state index in [9.17, 15) is 9.59 Å². The van der Waals surface area contributed by atoms with Crippen LogP contribution in [0.5, 0.6) is 0 Å². The van der Waals surface area contributed by atoms with Crippen molar-refractivity contribution in [3.63, 3.8) is 0 Å². The van der Waals surface area contributed by atoms with Gasteiger partial charge in [0.15, 0.2) is 0 Å². The van der Waals surface area contributed by atoms with Gasteiger partial charge in [-0.05, 0) is 31.2 Å². The van der Waals surface area contributed by atoms with Crippen LogP contribution >= 0.6 is 0 Å². The standard InChI is InChI=1S/C15H30N2O3/c1-10(2)8-11(14(19)20-7)17-13(18)12(16-6)9-15(3,4)5/h10-12,16H,8-9H2,1-7H3,(H,17,18)/t11-,12-/m0/s1. The molecule has 118 valence electrons. The summed E-state index contributed by atoms with van der Waals surface area (Å²) in [5, 5.41) is 5.81. The second-order valence-corrected chi connectivity index (χ2v) is 6.82. The Balaban J connectivity index is 4.75. The number of carbonyl (C=O) groups excluding carboxylic acids is 2. The van der Waals surface area contributed by atoms with Gasteiger partial charge in [-0.3, -0.25) is 4.79 Å². The Hall–Kier alpha value is -1.10. The molecule has 2 N–H and O–H groups in total. The lowest BCUT2D eigenvalue weighted by Gasteiger charge is -2.27. The first-order chi connectivity index (χ1) is 9.10. The Morgan fingerprint density at radius 1 is 1.15 bits per heavy atom. The predicted molar refractivity (Wildman–Crippen MR) is 80.3 cm³/mol. The van der Waals surface area contributed by atoms with Gasteiger partial charge in [0.2, 0.25) is 5.91 Å². The molecule has 0 aliphatic carbocycles. The highest BCUT2D eigenvalue weighted by Gasteiger charge is 2.28. The second kappa shape index (κ2) is 8.25. The summed E-state index contributed by atoms with van der Waals surface area (Å²) in [6.07, 6.45) is 1.27. The molecule has 0 spiro atoms. The number of hydrogen-bond donors (Lipinski definition) is 2. The SMILES string of the molecule is CN[C@@H](CC(C)(C)C)C(=O)N[C@@H](CC(C)C)C(=O)OC. The number of rotatable bonds is 7. The zero-order chi connectivity index (χ0) is 15.9. The molecule has 0 rings (SSSR count). The van der Waals surface area contributed by atoms with Crippen LogP contribution in [-0.2, 0) is 14.3 Å². The maximum atomic E-state index is 12.3. The number of amides is 1. The lowest BCUT2D eigenvalue weighted by Crippen LogP contribution is -2.51. The highest BCUT2D eigenvalue weighted by atomic mass is 16.5. The van der Waals surface area contributed by atoms with Crippen LogP contribution in [-0.4, -0.2) is 38.1 Å². The van der Waals surface area contributed by atoms with Crippen molar-refractivity contribution in [3.05, 3.63) is 0 Å². The van der Waals surface area contributed by atoms with E-state index < -0.39 is 12.0 Å². The lowest BCUT2D eigenvalue weighted by atomic mass is 9.87. The average molecular weight is 286 g/mol. The molecule has 0 saturated heterocycles. The monoisotopic (exact) mass is 286 g/mol. The van der Waals surface area contributed by atoms with Gasteiger partial charge in [-0.2, -0.15) is 0 Å². The van der Waals surface area contributed by atoms with E-state index in [4.69, 9.17) is 4.74 Å². The van der Waals surface area contributed by atoms with Gasteiger partial charge >= 0.3 is 5.97 Å². The Morgan fingerprint density at radius 2 is 1.70 bits per heavy atom. The number of likely N-dealkylation sites (N-methyl/N-ethyl adjacent to an activating group) is 1. The summed E-state index contributed by atoms with van der Waals surface area (Å²) in [5.41, 5.74) is 0.0316. The van der Waals surface area contributed by atoms with Crippen LogP contribution in [0.3, 0.4) is 0 Å². The molecule has 5 nitrogen and oxygen atoms in total. The van der Waals surface area contributed by atoms with Crippen molar-refractivity contribution >= 4 is 11.9 Å². The van der Waals surface area contributed by atoms with Crippen LogP contribution in [0.1, 0.15) is 47.5 Å². The molecule has 0 fully saturated rings. The molecule has 0 aliphatic rings. The molecule has 0 unspecified atom stereocenters. The summed E-state index contributed by atoms with van der Waals surface area (Å²) in [6, 6.07) is -0.891. The minimum atomic E-state index is -0.580. The van der Waals surface area contributed by atoms with E-state index in [1.165, 1.54) is 7.11 Å². The molecule has 0 aromatic carbocycles. The van der Waals surface area contributed by atoms with Gasteiger partial charge in [0, 0.05) is 0 Å². The van der Waals surface area contributed by atoms with Crippen LogP contribution in [0.4, 0.5) is 0 Å². The van der Waals surface area contributed by atoms with Crippen molar-refractivity contribution in [1.29, 1.82) is 0 Å². The molecule has 5 heteroatoms. The van der Waals surface area contributed by atoms with Crippen molar-refractivity contribution in [1.82, 2.24) is 10.6 Å². The van der Waals surface area contributed by atoms with E-state index in [-0.39, 0.29) is 17.4 Å². The fourth-order valence-corrected chi connectivity index (χ4v) is 2.04. The molecule has 0 radical (unpaired) electrons. The third-order valence-corrected chi connectivity index (χ3v) is 2.99. The van der Waals surface area contributed by atoms with Crippen molar-refractivity contribution in [3.8, 4) is 0 Å². The summed E-state index contributed by atoms with van der Waals surface area (Å²) >= 11 is 0. The molecule has 1 amide bonds. The van der Waals surface area contributed by atoms with Crippen LogP contribution in [0, 0.1) is 11.3 Å². The van der Waals surface area contributed by atoms with E-state index in [1.54, 1.807) is 7.05 Å². The topological polar surface area (TPSA) is 67.4 Å². The van der Waals surface area contributed by atoms with Crippen LogP contribution in [0.15, 0.2) is 0 Å². The van der Waals surface area contributed by atoms with E-state index in [1.807, 2.05) is 13.8 Å². The quantitative estimate of drug-likeness (QED) is 0.699. The molecular formula is C15H30N2O3. The number of carbonyl (C=O) groups is 2. The third-order valence-electron chi connectivity index (χ3n) is 2.99. The van der Waals surface area contributed by atoms with Crippen molar-refractivity contribution in [2.24, 2.45) is 11.3 Å². The Bertz CT molecular complexity index is 322. The smallest absolute Gasteiger partial charge is 0.328 e. The summed E-state index contributed by atoms with van der Waals surface area (Å²) in [7, 11) is 3.10. The lowest BCUT2D eigenvalue weighted by molar-refractivity contribution is -0.145. The first kappa shape index (κ1) is 18.9. The number of nitrogens with one attached hydrogen (secondary N) is 2. The Kier molecular flexibility index (Phi) is 7.79. The summed E-state index contributed by atoms with van der Waals surface area (Å²) < 4.78 is 4.75. The molecule has 0 bridgehead atoms. The minimum absolute atomic E-state index is 0.0316. The molecule has 0 aromatic rings. The molecule has 0 aliphatic heterocycles. The third kappa shape index (κ3) is 7.48. The first-order valence-electron chi connectivity index (χ1n) is 7.16. The molecule has 2 atom stereocenters. The van der Waals surface area contributed by atoms with Crippen LogP contribution in [0.2, 0.25) is 0 Å². The number of ether oxygens (including phenoxy) is 1. The van der Waals surface area contributed by atoms with Gasteiger partial charge in [0.05, 0.1) is 13.2 Å². The van der Waals surface area contributed by atoms with Gasteiger partial charge in [-0.1, -0.05) is 34.6 Å². The van der Waals surface area contributed by atoms with Gasteiger partial charge in [-0.15, -0.1) is 0 Å². The highest BCUT2D eigenvalue weighted by Crippen LogP contribution is 2.21. The first-order valence-corrected chi connectivity index (χ1v) is 7.16. The fourth-order valence-electron chi connectivity index (χ4n) is 2.04. The summed E-state index contributed by atoms with van der Waals surface area (Å²) in [5.74, 6) is -0.244. The van der Waals surface area contributed by atoms with E-state index >= 15 is 0 Å². The normalized spacial score (nSPS) is 14.8. The van der Waals surface area contributed by atoms with E-state index in [0.717, 1.165) is 0 Å². The maximum Gasteiger partial charge on any atom is 0.328 e. The summed E-state index contributed by atoms with van der Waals surface area (Å²) in [4.78, 5) is 24.0. The van der Waals surface area contributed by atoms with Gasteiger partial charge in [0.1, 0.15) is 6.04 Å². The van der Waals surface area contributed by atoms with Crippen molar-refractivity contribution in [2.45, 2.75) is 59.5 Å². The highest BCUT2D eigenvalue weighted by molar-refractivity contribution is 5.87. The van der Waals surface area contributed by atoms with Crippen molar-refractivity contribution < 1.29 is 14.3 Å². The van der Waals surface area contributed by atoms with Gasteiger partial charge in [0.25, 0.3) is 0 Å². The fraction of sp³-hybridized carbons (Fsp3) is 0.867. The molecular weight excluding hydrogens is 256 g/mol. The maximum absolute atomic E-state index is 12.3. The summed E-state index contributed by atoms with van der Waals surface area (Å²) in [6.45, 7) is 10.3. The number of esters is 1. The molecule has 20 heavy (non-hydrogen) atoms. The second-order valence-electron chi connectivity index (χ2n) is 6.82. The van der Waals surface area contributed by atoms with E-state index in [2.05, 4.69) is 31.4 Å². The van der Waals surface area contributed by atoms with Gasteiger partial charge < -0.3 is 15.4 Å². The number of methoxy groups -OCH3 is 1. The van der Waals surface area contributed by atoms with E-state index in [0.29, 0.717) is 18.8 Å². The van der Waals surface area contributed by atoms with Crippen LogP contribution < -0.4 is 10.6 Å². The Morgan fingerprint density at radius 3 is 2.05 bits per heavy atom. The molecule has 0 heterocycles. The Labute approximate surface area is 122 Å². The zero-order valence-electron chi connectivity index (χ0n) is 13.9. The number of hydrogen-bond acceptors (Lipinski definition) is 4. The molecule has 0 aromatic heterocycles. The minimum Gasteiger partial charge on any atom is -0.467 e. The van der Waals surface area contributed by atoms with Gasteiger partial charge in [-0.25, -0.2) is 4.79 Å². The zero-order valence-corrected chi connectivity index (χ0v) is 13.9. The largest absolute Gasteiger partial charge is 0.467 e. The molecule has 0 saturated carbocycles. The van der Waals surface area contributed by atoms with Crippen molar-refractivity contribution in [2.75, 3.05) is 14.2 Å². The van der Waals surface area contributed by atoms with Crippen LogP contribution in [0.25, 0.3) is 0 Å². The predicted octanol–water partition coefficient (Wildman–Crippen LogP) is 1.71.